The minimum atomic E-state index is -4.17. The van der Waals surface area contributed by atoms with E-state index in [9.17, 15) is 16.8 Å². The maximum atomic E-state index is 12.9. The number of aromatic amines is 1. The standard InChI is InChI=1S/C21H16N4O4S2/c1-30(26,27)19-7-2-3-8-20(19)31(28,29)25-16-9-10-18-17(12-16)21(24-23-18)15-6-4-5-14(11-15)13-22/h2-12,25H,1H3,(H,23,24). The van der Waals surface area contributed by atoms with Crippen molar-refractivity contribution < 1.29 is 16.8 Å². The molecule has 0 saturated heterocycles. The fraction of sp³-hybridized carbons (Fsp3) is 0.0476. The zero-order valence-corrected chi connectivity index (χ0v) is 17.8. The lowest BCUT2D eigenvalue weighted by molar-refractivity contribution is 0.588. The van der Waals surface area contributed by atoms with Crippen molar-refractivity contribution in [3.05, 3.63) is 72.3 Å². The third-order valence-corrected chi connectivity index (χ3v) is 7.34. The van der Waals surface area contributed by atoms with E-state index in [0.29, 0.717) is 27.7 Å². The topological polar surface area (TPSA) is 133 Å². The van der Waals surface area contributed by atoms with Gasteiger partial charge in [0.15, 0.2) is 9.84 Å². The van der Waals surface area contributed by atoms with Crippen LogP contribution in [-0.4, -0.2) is 33.3 Å². The van der Waals surface area contributed by atoms with Crippen molar-refractivity contribution in [1.29, 1.82) is 5.26 Å². The van der Waals surface area contributed by atoms with E-state index in [1.165, 1.54) is 24.3 Å². The summed E-state index contributed by atoms with van der Waals surface area (Å²) >= 11 is 0. The highest BCUT2D eigenvalue weighted by Gasteiger charge is 2.24. The van der Waals surface area contributed by atoms with Crippen LogP contribution in [0.5, 0.6) is 0 Å². The molecule has 31 heavy (non-hydrogen) atoms. The van der Waals surface area contributed by atoms with Gasteiger partial charge in [-0.15, -0.1) is 0 Å². The van der Waals surface area contributed by atoms with Crippen molar-refractivity contribution in [3.8, 4) is 17.3 Å². The van der Waals surface area contributed by atoms with Gasteiger partial charge < -0.3 is 0 Å². The summed E-state index contributed by atoms with van der Waals surface area (Å²) in [6, 6.07) is 19.2. The molecule has 0 bridgehead atoms. The molecule has 0 unspecified atom stereocenters. The van der Waals surface area contributed by atoms with Gasteiger partial charge in [-0.25, -0.2) is 16.8 Å². The van der Waals surface area contributed by atoms with Gasteiger partial charge >= 0.3 is 0 Å². The third-order valence-electron chi connectivity index (χ3n) is 4.62. The molecule has 0 aliphatic carbocycles. The second-order valence-corrected chi connectivity index (χ2v) is 10.5. The molecule has 0 aliphatic heterocycles. The lowest BCUT2D eigenvalue weighted by Crippen LogP contribution is -2.16. The van der Waals surface area contributed by atoms with Crippen LogP contribution in [-0.2, 0) is 19.9 Å². The molecule has 0 spiro atoms. The Morgan fingerprint density at radius 3 is 2.39 bits per heavy atom. The summed E-state index contributed by atoms with van der Waals surface area (Å²) in [7, 11) is -7.91. The molecule has 1 heterocycles. The predicted molar refractivity (Wildman–Crippen MR) is 117 cm³/mol. The smallest absolute Gasteiger partial charge is 0.263 e. The van der Waals surface area contributed by atoms with E-state index < -0.39 is 19.9 Å². The average molecular weight is 453 g/mol. The molecule has 2 N–H and O–H groups in total. The summed E-state index contributed by atoms with van der Waals surface area (Å²) in [5, 5.41) is 17.0. The number of benzene rings is 3. The first-order valence-electron chi connectivity index (χ1n) is 8.99. The molecule has 0 fully saturated rings. The Hall–Kier alpha value is -3.68. The van der Waals surface area contributed by atoms with Crippen LogP contribution in [0.1, 0.15) is 5.56 Å². The highest BCUT2D eigenvalue weighted by Crippen LogP contribution is 2.30. The van der Waals surface area contributed by atoms with Crippen LogP contribution in [0.4, 0.5) is 5.69 Å². The van der Waals surface area contributed by atoms with E-state index in [-0.39, 0.29) is 15.5 Å². The molecule has 0 saturated carbocycles. The molecule has 0 aliphatic rings. The Kier molecular flexibility index (Phi) is 5.00. The Labute approximate surface area is 179 Å². The van der Waals surface area contributed by atoms with E-state index in [0.717, 1.165) is 6.26 Å². The Balaban J connectivity index is 1.78. The maximum absolute atomic E-state index is 12.9. The fourth-order valence-electron chi connectivity index (χ4n) is 3.22. The Morgan fingerprint density at radius 2 is 1.68 bits per heavy atom. The van der Waals surface area contributed by atoms with Gasteiger partial charge in [-0.3, -0.25) is 9.82 Å². The van der Waals surface area contributed by atoms with Crippen molar-refractivity contribution in [2.24, 2.45) is 0 Å². The summed E-state index contributed by atoms with van der Waals surface area (Å²) in [5.74, 6) is 0. The number of nitrogens with zero attached hydrogens (tertiary/aromatic N) is 2. The number of H-pyrrole nitrogens is 1. The number of sulfonamides is 1. The number of aromatic nitrogens is 2. The fourth-order valence-corrected chi connectivity index (χ4v) is 5.90. The first-order chi connectivity index (χ1) is 14.7. The third kappa shape index (κ3) is 4.01. The van der Waals surface area contributed by atoms with Crippen molar-refractivity contribution in [3.63, 3.8) is 0 Å². The van der Waals surface area contributed by atoms with Crippen LogP contribution >= 0.6 is 0 Å². The summed E-state index contributed by atoms with van der Waals surface area (Å²) < 4.78 is 52.4. The molecule has 1 aromatic heterocycles. The Morgan fingerprint density at radius 1 is 0.935 bits per heavy atom. The second-order valence-electron chi connectivity index (χ2n) is 6.85. The number of fused-ring (bicyclic) bond motifs is 1. The number of nitrogens with one attached hydrogen (secondary N) is 2. The lowest BCUT2D eigenvalue weighted by Gasteiger charge is -2.11. The molecule has 10 heteroatoms. The molecule has 3 aromatic carbocycles. The summed E-state index contributed by atoms with van der Waals surface area (Å²) in [5.41, 5.74) is 2.66. The van der Waals surface area contributed by atoms with Crippen LogP contribution in [0, 0.1) is 11.3 Å². The van der Waals surface area contributed by atoms with Gasteiger partial charge in [-0.1, -0.05) is 24.3 Å². The highest BCUT2D eigenvalue weighted by molar-refractivity contribution is 7.95. The molecule has 4 aromatic rings. The highest BCUT2D eigenvalue weighted by atomic mass is 32.2. The quantitative estimate of drug-likeness (QED) is 0.477. The van der Waals surface area contributed by atoms with Crippen molar-refractivity contribution >= 4 is 36.5 Å². The second kappa shape index (κ2) is 7.54. The van der Waals surface area contributed by atoms with Gasteiger partial charge in [-0.05, 0) is 42.5 Å². The number of sulfone groups is 1. The maximum Gasteiger partial charge on any atom is 0.263 e. The monoisotopic (exact) mass is 452 g/mol. The minimum Gasteiger partial charge on any atom is -0.280 e. The Bertz CT molecular complexity index is 1570. The van der Waals surface area contributed by atoms with Gasteiger partial charge in [0, 0.05) is 22.9 Å². The molecular weight excluding hydrogens is 436 g/mol. The molecular formula is C21H16N4O4S2. The first kappa shape index (κ1) is 20.6. The van der Waals surface area contributed by atoms with Gasteiger partial charge in [0.25, 0.3) is 10.0 Å². The van der Waals surface area contributed by atoms with E-state index in [1.54, 1.807) is 42.5 Å². The zero-order valence-electron chi connectivity index (χ0n) is 16.2. The molecule has 0 atom stereocenters. The van der Waals surface area contributed by atoms with Gasteiger partial charge in [0.1, 0.15) is 10.6 Å². The summed E-state index contributed by atoms with van der Waals surface area (Å²) in [6.45, 7) is 0. The van der Waals surface area contributed by atoms with Crippen molar-refractivity contribution in [2.45, 2.75) is 9.79 Å². The summed E-state index contributed by atoms with van der Waals surface area (Å²) in [4.78, 5) is -0.604. The zero-order chi connectivity index (χ0) is 22.2. The molecule has 0 radical (unpaired) electrons. The van der Waals surface area contributed by atoms with Crippen LogP contribution in [0.2, 0.25) is 0 Å². The molecule has 0 amide bonds. The average Bonchev–Trinajstić information content (AvgIpc) is 3.16. The minimum absolute atomic E-state index is 0.245. The SMILES string of the molecule is CS(=O)(=O)c1ccccc1S(=O)(=O)Nc1ccc2[nH]nc(-c3cccc(C#N)c3)c2c1. The summed E-state index contributed by atoms with van der Waals surface area (Å²) in [6.07, 6.45) is 0.959. The lowest BCUT2D eigenvalue weighted by atomic mass is 10.1. The molecule has 4 rings (SSSR count). The number of hydrogen-bond donors (Lipinski definition) is 2. The van der Waals surface area contributed by atoms with Gasteiger partial charge in [0.2, 0.25) is 0 Å². The van der Waals surface area contributed by atoms with Crippen molar-refractivity contribution in [2.75, 3.05) is 11.0 Å². The normalized spacial score (nSPS) is 11.9. The van der Waals surface area contributed by atoms with Gasteiger partial charge in [-0.2, -0.15) is 10.4 Å². The van der Waals surface area contributed by atoms with Crippen LogP contribution < -0.4 is 4.72 Å². The molecule has 156 valence electrons. The number of rotatable bonds is 5. The first-order valence-corrected chi connectivity index (χ1v) is 12.4. The largest absolute Gasteiger partial charge is 0.280 e. The van der Waals surface area contributed by atoms with Crippen LogP contribution in [0.25, 0.3) is 22.2 Å². The number of anilines is 1. The number of hydrogen-bond acceptors (Lipinski definition) is 6. The van der Waals surface area contributed by atoms with Crippen LogP contribution in [0.3, 0.4) is 0 Å². The van der Waals surface area contributed by atoms with Gasteiger partial charge in [0.05, 0.1) is 22.0 Å². The predicted octanol–water partition coefficient (Wildman–Crippen LogP) is 3.31. The van der Waals surface area contributed by atoms with E-state index in [1.807, 2.05) is 0 Å². The van der Waals surface area contributed by atoms with E-state index in [2.05, 4.69) is 21.0 Å². The molecule has 8 nitrogen and oxygen atoms in total. The van der Waals surface area contributed by atoms with Crippen molar-refractivity contribution in [1.82, 2.24) is 10.2 Å². The van der Waals surface area contributed by atoms with E-state index >= 15 is 0 Å². The number of nitriles is 1. The van der Waals surface area contributed by atoms with E-state index in [4.69, 9.17) is 5.26 Å². The van der Waals surface area contributed by atoms with Crippen LogP contribution in [0.15, 0.2) is 76.5 Å².